The quantitative estimate of drug-likeness (QED) is 0.780. The zero-order valence-electron chi connectivity index (χ0n) is 11.0. The van der Waals surface area contributed by atoms with Crippen LogP contribution in [-0.4, -0.2) is 37.6 Å². The summed E-state index contributed by atoms with van der Waals surface area (Å²) < 4.78 is 6.59. The van der Waals surface area contributed by atoms with Crippen molar-refractivity contribution < 1.29 is 14.7 Å². The third kappa shape index (κ3) is 2.91. The molecule has 0 spiro atoms. The maximum atomic E-state index is 8.93. The van der Waals surface area contributed by atoms with E-state index in [0.29, 0.717) is 17.1 Å². The van der Waals surface area contributed by atoms with Crippen molar-refractivity contribution in [3.05, 3.63) is 24.3 Å². The average Bonchev–Trinajstić information content (AvgIpc) is 2.77. The normalized spacial score (nSPS) is 11.4. The topological polar surface area (TPSA) is 93.3 Å². The van der Waals surface area contributed by atoms with Gasteiger partial charge in [-0.1, -0.05) is 12.1 Å². The number of hydrogen-bond donors (Lipinski definition) is 2. The van der Waals surface area contributed by atoms with Gasteiger partial charge in [-0.3, -0.25) is 0 Å². The molecule has 2 rings (SSSR count). The Morgan fingerprint density at radius 1 is 1.21 bits per heavy atom. The van der Waals surface area contributed by atoms with Crippen molar-refractivity contribution in [3.8, 4) is 17.1 Å². The lowest BCUT2D eigenvalue weighted by Crippen LogP contribution is -2.25. The first-order valence-corrected chi connectivity index (χ1v) is 5.80. The van der Waals surface area contributed by atoms with Crippen LogP contribution in [-0.2, 0) is 5.54 Å². The van der Waals surface area contributed by atoms with Crippen molar-refractivity contribution >= 4 is 7.32 Å². The van der Waals surface area contributed by atoms with Gasteiger partial charge < -0.3 is 14.7 Å². The number of benzene rings is 1. The lowest BCUT2D eigenvalue weighted by molar-refractivity contribution is 0.288. The van der Waals surface area contributed by atoms with Crippen LogP contribution in [0.2, 0.25) is 0 Å². The zero-order chi connectivity index (χ0) is 14.0. The molecule has 7 nitrogen and oxygen atoms in total. The molecule has 0 amide bonds. The highest BCUT2D eigenvalue weighted by molar-refractivity contribution is 6.33. The summed E-state index contributed by atoms with van der Waals surface area (Å²) in [6, 6.07) is 6.90. The molecule has 1 aromatic heterocycles. The Kier molecular flexibility index (Phi) is 3.54. The summed E-state index contributed by atoms with van der Waals surface area (Å²) >= 11 is 0. The van der Waals surface area contributed by atoms with Gasteiger partial charge in [0.25, 0.3) is 0 Å². The van der Waals surface area contributed by atoms with Crippen molar-refractivity contribution in [1.29, 1.82) is 0 Å². The van der Waals surface area contributed by atoms with Gasteiger partial charge in [-0.2, -0.15) is 0 Å². The molecule has 8 heteroatoms. The number of aromatic nitrogens is 4. The minimum absolute atomic E-state index is 0.302. The number of nitrogens with zero attached hydrogens (tertiary/aromatic N) is 4. The second-order valence-electron chi connectivity index (χ2n) is 5.03. The van der Waals surface area contributed by atoms with Gasteiger partial charge in [0.05, 0.1) is 11.1 Å². The molecule has 0 aliphatic heterocycles. The molecule has 100 valence electrons. The van der Waals surface area contributed by atoms with Crippen molar-refractivity contribution in [2.45, 2.75) is 26.3 Å². The van der Waals surface area contributed by atoms with E-state index in [1.54, 1.807) is 28.9 Å². The molecule has 2 N–H and O–H groups in total. The maximum Gasteiger partial charge on any atom is 0.707 e. The van der Waals surface area contributed by atoms with Gasteiger partial charge in [-0.15, -0.1) is 5.10 Å². The summed E-state index contributed by atoms with van der Waals surface area (Å²) in [7, 11) is -1.89. The number of para-hydroxylation sites is 1. The van der Waals surface area contributed by atoms with E-state index in [1.165, 1.54) is 0 Å². The van der Waals surface area contributed by atoms with Crippen LogP contribution in [0.3, 0.4) is 0 Å². The summed E-state index contributed by atoms with van der Waals surface area (Å²) in [5, 5.41) is 29.5. The fourth-order valence-corrected chi connectivity index (χ4v) is 1.67. The highest BCUT2D eigenvalue weighted by Crippen LogP contribution is 2.30. The molecule has 0 aliphatic carbocycles. The Labute approximate surface area is 111 Å². The third-order valence-corrected chi connectivity index (χ3v) is 2.47. The molecular weight excluding hydrogens is 247 g/mol. The average molecular weight is 262 g/mol. The van der Waals surface area contributed by atoms with E-state index in [4.69, 9.17) is 14.7 Å². The first-order valence-electron chi connectivity index (χ1n) is 5.80. The van der Waals surface area contributed by atoms with Crippen LogP contribution < -0.4 is 4.65 Å². The van der Waals surface area contributed by atoms with Crippen LogP contribution in [0.1, 0.15) is 20.8 Å². The predicted molar refractivity (Wildman–Crippen MR) is 69.1 cm³/mol. The molecular formula is C11H15BN4O3. The Balaban J connectivity index is 2.51. The highest BCUT2D eigenvalue weighted by atomic mass is 16.6. The van der Waals surface area contributed by atoms with Gasteiger partial charge in [-0.25, -0.2) is 4.68 Å². The van der Waals surface area contributed by atoms with E-state index in [-0.39, 0.29) is 5.54 Å². The second-order valence-corrected chi connectivity index (χ2v) is 5.03. The summed E-state index contributed by atoms with van der Waals surface area (Å²) in [6.45, 7) is 5.91. The molecule has 0 aliphatic rings. The van der Waals surface area contributed by atoms with Gasteiger partial charge in [-0.05, 0) is 43.3 Å². The molecule has 0 radical (unpaired) electrons. The predicted octanol–water partition coefficient (Wildman–Crippen LogP) is 0.443. The Morgan fingerprint density at radius 2 is 1.89 bits per heavy atom. The lowest BCUT2D eigenvalue weighted by Gasteiger charge is -2.20. The van der Waals surface area contributed by atoms with Gasteiger partial charge >= 0.3 is 7.32 Å². The minimum Gasteiger partial charge on any atom is -0.511 e. The Morgan fingerprint density at radius 3 is 2.53 bits per heavy atom. The van der Waals surface area contributed by atoms with Gasteiger partial charge in [0.2, 0.25) is 0 Å². The zero-order valence-corrected chi connectivity index (χ0v) is 11.0. The Bertz CT molecular complexity index is 565. The van der Waals surface area contributed by atoms with Crippen molar-refractivity contribution in [1.82, 2.24) is 20.2 Å². The lowest BCUT2D eigenvalue weighted by atomic mass is 10.1. The molecule has 19 heavy (non-hydrogen) atoms. The van der Waals surface area contributed by atoms with E-state index in [9.17, 15) is 0 Å². The first kappa shape index (κ1) is 13.5. The van der Waals surface area contributed by atoms with Crippen LogP contribution >= 0.6 is 0 Å². The monoisotopic (exact) mass is 262 g/mol. The minimum atomic E-state index is -1.89. The van der Waals surface area contributed by atoms with E-state index in [1.807, 2.05) is 20.8 Å². The summed E-state index contributed by atoms with van der Waals surface area (Å²) in [5.74, 6) is 0.807. The molecule has 0 bridgehead atoms. The molecule has 1 heterocycles. The molecule has 0 saturated heterocycles. The van der Waals surface area contributed by atoms with Gasteiger partial charge in [0.15, 0.2) is 5.82 Å². The molecule has 0 saturated carbocycles. The van der Waals surface area contributed by atoms with E-state index < -0.39 is 7.32 Å². The van der Waals surface area contributed by atoms with Crippen molar-refractivity contribution in [2.24, 2.45) is 0 Å². The standard InChI is InChI=1S/C11H15BN4O3/c1-11(2,3)16-10(13-14-15-16)8-6-4-5-7-9(8)19-12(17)18/h4-7,17-18H,1-3H3. The SMILES string of the molecule is CC(C)(C)n1nnnc1-c1ccccc1OB(O)O. The molecule has 0 unspecified atom stereocenters. The van der Waals surface area contributed by atoms with Gasteiger partial charge in [0, 0.05) is 0 Å². The largest absolute Gasteiger partial charge is 0.707 e. The van der Waals surface area contributed by atoms with E-state index in [2.05, 4.69) is 15.5 Å². The smallest absolute Gasteiger partial charge is 0.511 e. The summed E-state index contributed by atoms with van der Waals surface area (Å²) in [6.07, 6.45) is 0. The molecule has 0 fully saturated rings. The number of tetrazole rings is 1. The van der Waals surface area contributed by atoms with Crippen molar-refractivity contribution in [3.63, 3.8) is 0 Å². The van der Waals surface area contributed by atoms with Crippen LogP contribution in [0.4, 0.5) is 0 Å². The fourth-order valence-electron chi connectivity index (χ4n) is 1.67. The van der Waals surface area contributed by atoms with Crippen molar-refractivity contribution in [2.75, 3.05) is 0 Å². The Hall–Kier alpha value is -1.93. The first-order chi connectivity index (χ1) is 8.89. The summed E-state index contributed by atoms with van der Waals surface area (Å²) in [5.41, 5.74) is 0.291. The highest BCUT2D eigenvalue weighted by Gasteiger charge is 2.24. The number of rotatable bonds is 3. The second kappa shape index (κ2) is 4.98. The molecule has 2 aromatic rings. The molecule has 0 atom stereocenters. The third-order valence-electron chi connectivity index (χ3n) is 2.47. The van der Waals surface area contributed by atoms with Crippen LogP contribution in [0, 0.1) is 0 Å². The van der Waals surface area contributed by atoms with E-state index in [0.717, 1.165) is 0 Å². The van der Waals surface area contributed by atoms with Crippen LogP contribution in [0.15, 0.2) is 24.3 Å². The van der Waals surface area contributed by atoms with Crippen LogP contribution in [0.25, 0.3) is 11.4 Å². The van der Waals surface area contributed by atoms with E-state index >= 15 is 0 Å². The number of hydrogen-bond acceptors (Lipinski definition) is 6. The molecule has 1 aromatic carbocycles. The maximum absolute atomic E-state index is 8.93. The van der Waals surface area contributed by atoms with Gasteiger partial charge in [0.1, 0.15) is 5.75 Å². The fraction of sp³-hybridized carbons (Fsp3) is 0.364. The summed E-state index contributed by atoms with van der Waals surface area (Å²) in [4.78, 5) is 0. The van der Waals surface area contributed by atoms with Crippen LogP contribution in [0.5, 0.6) is 5.75 Å².